The number of carboxylic acid groups (broad SMARTS) is 1. The first-order valence-corrected chi connectivity index (χ1v) is 7.33. The van der Waals surface area contributed by atoms with E-state index >= 15 is 0 Å². The van der Waals surface area contributed by atoms with Gasteiger partial charge in [0.15, 0.2) is 0 Å². The molecule has 2 rings (SSSR count). The maximum absolute atomic E-state index is 12.6. The summed E-state index contributed by atoms with van der Waals surface area (Å²) >= 11 is 0. The first-order chi connectivity index (χ1) is 10.1. The van der Waals surface area contributed by atoms with Crippen LogP contribution in [0.5, 0.6) is 0 Å². The Morgan fingerprint density at radius 1 is 1.29 bits per heavy atom. The van der Waals surface area contributed by atoms with E-state index in [1.54, 1.807) is 16.7 Å². The van der Waals surface area contributed by atoms with Crippen molar-refractivity contribution in [2.24, 2.45) is 0 Å². The first-order valence-electron chi connectivity index (χ1n) is 7.33. The van der Waals surface area contributed by atoms with Crippen LogP contribution < -0.4 is 5.56 Å². The second-order valence-corrected chi connectivity index (χ2v) is 5.10. The summed E-state index contributed by atoms with van der Waals surface area (Å²) in [5.74, 6) is -0.310. The van der Waals surface area contributed by atoms with E-state index in [0.717, 1.165) is 19.3 Å². The molecule has 112 valence electrons. The molecule has 1 aromatic heterocycles. The van der Waals surface area contributed by atoms with E-state index in [-0.39, 0.29) is 18.4 Å². The molecule has 0 aliphatic carbocycles. The third kappa shape index (κ3) is 3.68. The normalized spacial score (nSPS) is 10.9. The molecule has 0 aliphatic rings. The number of benzene rings is 1. The van der Waals surface area contributed by atoms with Crippen molar-refractivity contribution < 1.29 is 9.90 Å². The van der Waals surface area contributed by atoms with Crippen LogP contribution in [-0.2, 0) is 17.8 Å². The Labute approximate surface area is 123 Å². The predicted molar refractivity (Wildman–Crippen MR) is 81.5 cm³/mol. The second kappa shape index (κ2) is 7.02. The Balaban J connectivity index is 2.43. The zero-order valence-corrected chi connectivity index (χ0v) is 12.2. The minimum atomic E-state index is -0.877. The van der Waals surface area contributed by atoms with Gasteiger partial charge in [0.2, 0.25) is 0 Å². The zero-order chi connectivity index (χ0) is 15.2. The molecule has 0 unspecified atom stereocenters. The van der Waals surface area contributed by atoms with Gasteiger partial charge >= 0.3 is 5.97 Å². The molecular formula is C16H20N2O3. The largest absolute Gasteiger partial charge is 0.481 e. The molecule has 5 heteroatoms. The van der Waals surface area contributed by atoms with Gasteiger partial charge in [0.25, 0.3) is 5.56 Å². The highest BCUT2D eigenvalue weighted by molar-refractivity contribution is 5.77. The van der Waals surface area contributed by atoms with Gasteiger partial charge in [-0.3, -0.25) is 14.2 Å². The number of carbonyl (C=O) groups is 1. The van der Waals surface area contributed by atoms with Crippen molar-refractivity contribution >= 4 is 16.9 Å². The van der Waals surface area contributed by atoms with Crippen LogP contribution in [0.4, 0.5) is 0 Å². The highest BCUT2D eigenvalue weighted by atomic mass is 16.4. The lowest BCUT2D eigenvalue weighted by Gasteiger charge is -2.12. The quantitative estimate of drug-likeness (QED) is 0.795. The van der Waals surface area contributed by atoms with E-state index in [2.05, 4.69) is 11.9 Å². The number of aliphatic carboxylic acids is 1. The minimum absolute atomic E-state index is 0.0153. The van der Waals surface area contributed by atoms with Gasteiger partial charge in [-0.25, -0.2) is 4.98 Å². The first kappa shape index (κ1) is 15.2. The van der Waals surface area contributed by atoms with Crippen LogP contribution in [0.3, 0.4) is 0 Å². The topological polar surface area (TPSA) is 72.2 Å². The van der Waals surface area contributed by atoms with Crippen LogP contribution in [0, 0.1) is 0 Å². The highest BCUT2D eigenvalue weighted by Gasteiger charge is 2.11. The molecule has 0 aliphatic heterocycles. The van der Waals surface area contributed by atoms with Crippen LogP contribution in [-0.4, -0.2) is 20.6 Å². The molecule has 0 fully saturated rings. The molecule has 1 N–H and O–H groups in total. The summed E-state index contributed by atoms with van der Waals surface area (Å²) in [5.41, 5.74) is 0.562. The number of unbranched alkanes of at least 4 members (excludes halogenated alkanes) is 2. The second-order valence-electron chi connectivity index (χ2n) is 5.10. The molecule has 0 amide bonds. The Bertz CT molecular complexity index is 691. The third-order valence-corrected chi connectivity index (χ3v) is 3.49. The summed E-state index contributed by atoms with van der Waals surface area (Å²) in [4.78, 5) is 27.8. The smallest absolute Gasteiger partial charge is 0.303 e. The lowest BCUT2D eigenvalue weighted by atomic mass is 10.2. The lowest BCUT2D eigenvalue weighted by molar-refractivity contribution is -0.137. The minimum Gasteiger partial charge on any atom is -0.481 e. The summed E-state index contributed by atoms with van der Waals surface area (Å²) in [6, 6.07) is 7.20. The van der Waals surface area contributed by atoms with Gasteiger partial charge in [-0.1, -0.05) is 31.9 Å². The van der Waals surface area contributed by atoms with Crippen molar-refractivity contribution in [1.29, 1.82) is 0 Å². The van der Waals surface area contributed by atoms with Gasteiger partial charge in [-0.15, -0.1) is 0 Å². The number of nitrogens with zero attached hydrogens (tertiary/aromatic N) is 2. The lowest BCUT2D eigenvalue weighted by Crippen LogP contribution is -2.26. The van der Waals surface area contributed by atoms with Crippen LogP contribution in [0.25, 0.3) is 10.9 Å². The third-order valence-electron chi connectivity index (χ3n) is 3.49. The molecule has 1 heterocycles. The number of para-hydroxylation sites is 1. The van der Waals surface area contributed by atoms with Crippen molar-refractivity contribution in [3.8, 4) is 0 Å². The molecule has 5 nitrogen and oxygen atoms in total. The Morgan fingerprint density at radius 3 is 2.76 bits per heavy atom. The van der Waals surface area contributed by atoms with Gasteiger partial charge in [0.1, 0.15) is 5.82 Å². The van der Waals surface area contributed by atoms with E-state index in [4.69, 9.17) is 5.11 Å². The summed E-state index contributed by atoms with van der Waals surface area (Å²) in [6.45, 7) is 2.70. The molecule has 1 aromatic carbocycles. The predicted octanol–water partition coefficient (Wildman–Crippen LogP) is 2.60. The number of hydrogen-bond acceptors (Lipinski definition) is 3. The summed E-state index contributed by atoms with van der Waals surface area (Å²) in [6.07, 6.45) is 3.27. The van der Waals surface area contributed by atoms with Gasteiger partial charge in [0, 0.05) is 13.0 Å². The SMILES string of the molecule is CCCCCn1c(CCC(=O)O)nc2ccccc2c1=O. The van der Waals surface area contributed by atoms with Gasteiger partial charge in [-0.05, 0) is 18.6 Å². The maximum atomic E-state index is 12.6. The number of rotatable bonds is 7. The maximum Gasteiger partial charge on any atom is 0.303 e. The molecule has 0 spiro atoms. The highest BCUT2D eigenvalue weighted by Crippen LogP contribution is 2.10. The molecule has 21 heavy (non-hydrogen) atoms. The molecule has 0 radical (unpaired) electrons. The number of carboxylic acids is 1. The monoisotopic (exact) mass is 288 g/mol. The fraction of sp³-hybridized carbons (Fsp3) is 0.438. The average Bonchev–Trinajstić information content (AvgIpc) is 2.48. The van der Waals surface area contributed by atoms with E-state index in [9.17, 15) is 9.59 Å². The summed E-state index contributed by atoms with van der Waals surface area (Å²) in [5, 5.41) is 9.44. The molecule has 0 bridgehead atoms. The van der Waals surface area contributed by atoms with Crippen molar-refractivity contribution in [3.63, 3.8) is 0 Å². The van der Waals surface area contributed by atoms with Gasteiger partial charge < -0.3 is 5.11 Å². The van der Waals surface area contributed by atoms with Crippen LogP contribution >= 0.6 is 0 Å². The van der Waals surface area contributed by atoms with Crippen LogP contribution in [0.1, 0.15) is 38.4 Å². The molecular weight excluding hydrogens is 268 g/mol. The molecule has 0 saturated heterocycles. The van der Waals surface area contributed by atoms with Crippen molar-refractivity contribution in [3.05, 3.63) is 40.4 Å². The van der Waals surface area contributed by atoms with E-state index in [1.807, 2.05) is 12.1 Å². The molecule has 0 saturated carbocycles. The van der Waals surface area contributed by atoms with Crippen LogP contribution in [0.15, 0.2) is 29.1 Å². The number of fused-ring (bicyclic) bond motifs is 1. The fourth-order valence-corrected chi connectivity index (χ4v) is 2.37. The van der Waals surface area contributed by atoms with E-state index < -0.39 is 5.97 Å². The van der Waals surface area contributed by atoms with Crippen molar-refractivity contribution in [1.82, 2.24) is 9.55 Å². The van der Waals surface area contributed by atoms with Gasteiger partial charge in [-0.2, -0.15) is 0 Å². The van der Waals surface area contributed by atoms with Crippen molar-refractivity contribution in [2.45, 2.75) is 45.6 Å². The molecule has 2 aromatic rings. The van der Waals surface area contributed by atoms with E-state index in [1.165, 1.54) is 0 Å². The number of aryl methyl sites for hydroxylation is 1. The number of aromatic nitrogens is 2. The Morgan fingerprint density at radius 2 is 2.05 bits per heavy atom. The summed E-state index contributed by atoms with van der Waals surface area (Å²) < 4.78 is 1.64. The Hall–Kier alpha value is -2.17. The average molecular weight is 288 g/mol. The molecule has 0 atom stereocenters. The fourth-order valence-electron chi connectivity index (χ4n) is 2.37. The summed E-state index contributed by atoms with van der Waals surface area (Å²) in [7, 11) is 0. The van der Waals surface area contributed by atoms with Crippen LogP contribution in [0.2, 0.25) is 0 Å². The standard InChI is InChI=1S/C16H20N2O3/c1-2-3-6-11-18-14(9-10-15(19)20)17-13-8-5-4-7-12(13)16(18)21/h4-5,7-8H,2-3,6,9-11H2,1H3,(H,19,20). The van der Waals surface area contributed by atoms with E-state index in [0.29, 0.717) is 23.3 Å². The number of hydrogen-bond donors (Lipinski definition) is 1. The van der Waals surface area contributed by atoms with Gasteiger partial charge in [0.05, 0.1) is 17.3 Å². The van der Waals surface area contributed by atoms with Crippen molar-refractivity contribution in [2.75, 3.05) is 0 Å². The zero-order valence-electron chi connectivity index (χ0n) is 12.2. The Kier molecular flexibility index (Phi) is 5.09.